The molecule has 0 radical (unpaired) electrons. The van der Waals surface area contributed by atoms with Crippen LogP contribution in [-0.4, -0.2) is 49.9 Å². The second kappa shape index (κ2) is 7.19. The minimum Gasteiger partial charge on any atom is -0.481 e. The number of sulfonamides is 1. The number of hydrogen-bond donors (Lipinski definition) is 2. The molecule has 1 atom stereocenters. The van der Waals surface area contributed by atoms with Gasteiger partial charge in [-0.25, -0.2) is 17.5 Å². The number of amides is 1. The van der Waals surface area contributed by atoms with Crippen molar-refractivity contribution in [3.8, 4) is 0 Å². The molecule has 2 N–H and O–H groups in total. The molecule has 26 heavy (non-hydrogen) atoms. The lowest BCUT2D eigenvalue weighted by molar-refractivity contribution is -0.142. The van der Waals surface area contributed by atoms with Gasteiger partial charge in [0.1, 0.15) is 5.82 Å². The summed E-state index contributed by atoms with van der Waals surface area (Å²) in [5.74, 6) is -4.09. The molecule has 0 spiro atoms. The van der Waals surface area contributed by atoms with Gasteiger partial charge in [0.05, 0.1) is 16.4 Å². The monoisotopic (exact) mass is 398 g/mol. The van der Waals surface area contributed by atoms with E-state index in [1.54, 1.807) is 0 Å². The summed E-state index contributed by atoms with van der Waals surface area (Å²) >= 11 is 0. The third-order valence-electron chi connectivity index (χ3n) is 3.79. The van der Waals surface area contributed by atoms with E-state index in [1.165, 1.54) is 0 Å². The summed E-state index contributed by atoms with van der Waals surface area (Å²) in [6.07, 6.45) is -5.25. The van der Waals surface area contributed by atoms with Crippen molar-refractivity contribution >= 4 is 21.9 Å². The van der Waals surface area contributed by atoms with Crippen LogP contribution < -0.4 is 4.72 Å². The first-order valence-electron chi connectivity index (χ1n) is 7.29. The highest BCUT2D eigenvalue weighted by atomic mass is 32.2. The topological polar surface area (TPSA) is 104 Å². The van der Waals surface area contributed by atoms with Crippen LogP contribution in [0.15, 0.2) is 23.1 Å². The number of nitrogens with one attached hydrogen (secondary N) is 1. The van der Waals surface area contributed by atoms with Crippen molar-refractivity contribution in [2.45, 2.75) is 17.5 Å². The number of benzene rings is 1. The molecular formula is C14H14F4N2O5S. The SMILES string of the molecule is O=C(O)C1CC(=O)N(CCNS(=O)(=O)c2ccc(F)c(C(F)(F)F)c2)C1. The second-order valence-electron chi connectivity index (χ2n) is 5.62. The fourth-order valence-electron chi connectivity index (χ4n) is 2.44. The number of carbonyl (C=O) groups is 2. The van der Waals surface area contributed by atoms with E-state index in [0.717, 1.165) is 4.90 Å². The first-order chi connectivity index (χ1) is 11.9. The van der Waals surface area contributed by atoms with Gasteiger partial charge in [-0.2, -0.15) is 13.2 Å². The fourth-order valence-corrected chi connectivity index (χ4v) is 3.49. The molecule has 1 aromatic carbocycles. The van der Waals surface area contributed by atoms with Gasteiger partial charge in [0.15, 0.2) is 0 Å². The average Bonchev–Trinajstić information content (AvgIpc) is 2.87. The van der Waals surface area contributed by atoms with Gasteiger partial charge in [-0.15, -0.1) is 0 Å². The van der Waals surface area contributed by atoms with Gasteiger partial charge < -0.3 is 10.0 Å². The van der Waals surface area contributed by atoms with E-state index in [1.807, 2.05) is 4.72 Å². The van der Waals surface area contributed by atoms with Crippen molar-refractivity contribution in [3.63, 3.8) is 0 Å². The van der Waals surface area contributed by atoms with Crippen molar-refractivity contribution in [2.75, 3.05) is 19.6 Å². The molecule has 1 saturated heterocycles. The van der Waals surface area contributed by atoms with Gasteiger partial charge in [0, 0.05) is 26.1 Å². The van der Waals surface area contributed by atoms with Crippen molar-refractivity contribution in [1.82, 2.24) is 9.62 Å². The highest BCUT2D eigenvalue weighted by Gasteiger charge is 2.36. The first-order valence-corrected chi connectivity index (χ1v) is 8.77. The zero-order valence-corrected chi connectivity index (χ0v) is 13.9. The predicted molar refractivity (Wildman–Crippen MR) is 78.9 cm³/mol. The maximum atomic E-state index is 13.2. The van der Waals surface area contributed by atoms with E-state index in [-0.39, 0.29) is 32.1 Å². The molecule has 0 aromatic heterocycles. The third-order valence-corrected chi connectivity index (χ3v) is 5.25. The van der Waals surface area contributed by atoms with Gasteiger partial charge in [-0.3, -0.25) is 9.59 Å². The van der Waals surface area contributed by atoms with Crippen molar-refractivity contribution in [2.24, 2.45) is 5.92 Å². The Hall–Kier alpha value is -2.21. The number of rotatable bonds is 6. The van der Waals surface area contributed by atoms with E-state index in [0.29, 0.717) is 12.1 Å². The van der Waals surface area contributed by atoms with Gasteiger partial charge >= 0.3 is 12.1 Å². The minimum atomic E-state index is -5.05. The normalized spacial score (nSPS) is 18.4. The highest BCUT2D eigenvalue weighted by Crippen LogP contribution is 2.32. The second-order valence-corrected chi connectivity index (χ2v) is 7.38. The third kappa shape index (κ3) is 4.49. The smallest absolute Gasteiger partial charge is 0.419 e. The molecule has 0 saturated carbocycles. The molecule has 1 unspecified atom stereocenters. The maximum absolute atomic E-state index is 13.2. The van der Waals surface area contributed by atoms with Crippen molar-refractivity contribution in [1.29, 1.82) is 0 Å². The molecule has 1 amide bonds. The summed E-state index contributed by atoms with van der Waals surface area (Å²) in [6.45, 7) is -0.557. The van der Waals surface area contributed by atoms with Crippen LogP contribution >= 0.6 is 0 Å². The zero-order chi connectivity index (χ0) is 19.7. The molecule has 1 fully saturated rings. The lowest BCUT2D eigenvalue weighted by atomic mass is 10.1. The van der Waals surface area contributed by atoms with Crippen molar-refractivity contribution < 1.29 is 40.7 Å². The summed E-state index contributed by atoms with van der Waals surface area (Å²) < 4.78 is 77.4. The van der Waals surface area contributed by atoms with Crippen LogP contribution in [0.2, 0.25) is 0 Å². The van der Waals surface area contributed by atoms with Crippen LogP contribution in [0.4, 0.5) is 17.6 Å². The Balaban J connectivity index is 2.04. The van der Waals surface area contributed by atoms with Gasteiger partial charge in [-0.05, 0) is 18.2 Å². The number of hydrogen-bond acceptors (Lipinski definition) is 4. The highest BCUT2D eigenvalue weighted by molar-refractivity contribution is 7.89. The van der Waals surface area contributed by atoms with Crippen LogP contribution in [0.25, 0.3) is 0 Å². The van der Waals surface area contributed by atoms with Crippen LogP contribution in [-0.2, 0) is 25.8 Å². The molecule has 2 rings (SSSR count). The number of nitrogens with zero attached hydrogens (tertiary/aromatic N) is 1. The Morgan fingerprint density at radius 2 is 2.00 bits per heavy atom. The van der Waals surface area contributed by atoms with E-state index in [9.17, 15) is 35.6 Å². The number of alkyl halides is 3. The number of carboxylic acid groups (broad SMARTS) is 1. The molecular weight excluding hydrogens is 384 g/mol. The van der Waals surface area contributed by atoms with E-state index in [2.05, 4.69) is 0 Å². The fraction of sp³-hybridized carbons (Fsp3) is 0.429. The molecule has 1 heterocycles. The predicted octanol–water partition coefficient (Wildman–Crippen LogP) is 1.06. The van der Waals surface area contributed by atoms with E-state index < -0.39 is 50.3 Å². The molecule has 1 aromatic rings. The van der Waals surface area contributed by atoms with Crippen LogP contribution in [0.3, 0.4) is 0 Å². The number of carbonyl (C=O) groups excluding carboxylic acids is 1. The number of carboxylic acids is 1. The molecule has 1 aliphatic heterocycles. The largest absolute Gasteiger partial charge is 0.481 e. The van der Waals surface area contributed by atoms with Gasteiger partial charge in [-0.1, -0.05) is 0 Å². The molecule has 144 valence electrons. The van der Waals surface area contributed by atoms with Gasteiger partial charge in [0.2, 0.25) is 15.9 Å². The Labute approximate surface area is 145 Å². The average molecular weight is 398 g/mol. The van der Waals surface area contributed by atoms with Crippen molar-refractivity contribution in [3.05, 3.63) is 29.6 Å². The number of halogens is 4. The lowest BCUT2D eigenvalue weighted by Gasteiger charge is -2.16. The number of aliphatic carboxylic acids is 1. The Morgan fingerprint density at radius 1 is 1.35 bits per heavy atom. The van der Waals surface area contributed by atoms with Crippen LogP contribution in [0, 0.1) is 11.7 Å². The quantitative estimate of drug-likeness (QED) is 0.698. The Kier molecular flexibility index (Phi) is 5.56. The summed E-state index contributed by atoms with van der Waals surface area (Å²) in [7, 11) is -4.37. The standard InChI is InChI=1S/C14H14F4N2O5S/c15-11-2-1-9(6-10(11)14(16,17)18)26(24,25)19-3-4-20-7-8(13(22)23)5-12(20)21/h1-2,6,8,19H,3-5,7H2,(H,22,23). The minimum absolute atomic E-state index is 0.0787. The number of likely N-dealkylation sites (tertiary alicyclic amines) is 1. The van der Waals surface area contributed by atoms with Gasteiger partial charge in [0.25, 0.3) is 0 Å². The summed E-state index contributed by atoms with van der Waals surface area (Å²) in [5, 5.41) is 8.85. The van der Waals surface area contributed by atoms with E-state index in [4.69, 9.17) is 5.11 Å². The van der Waals surface area contributed by atoms with Crippen LogP contribution in [0.5, 0.6) is 0 Å². The summed E-state index contributed by atoms with van der Waals surface area (Å²) in [4.78, 5) is 22.8. The first kappa shape index (κ1) is 20.1. The summed E-state index contributed by atoms with van der Waals surface area (Å²) in [5.41, 5.74) is -1.71. The molecule has 7 nitrogen and oxygen atoms in total. The van der Waals surface area contributed by atoms with Crippen LogP contribution in [0.1, 0.15) is 12.0 Å². The Morgan fingerprint density at radius 3 is 2.54 bits per heavy atom. The lowest BCUT2D eigenvalue weighted by Crippen LogP contribution is -2.36. The Bertz CT molecular complexity index is 825. The zero-order valence-electron chi connectivity index (χ0n) is 13.1. The molecule has 0 aliphatic carbocycles. The molecule has 12 heteroatoms. The molecule has 0 bridgehead atoms. The summed E-state index contributed by atoms with van der Waals surface area (Å²) in [6, 6.07) is 1.27. The van der Waals surface area contributed by atoms with E-state index >= 15 is 0 Å². The maximum Gasteiger partial charge on any atom is 0.419 e. The molecule has 1 aliphatic rings.